The average Bonchev–Trinajstić information content (AvgIpc) is 2.24. The van der Waals surface area contributed by atoms with Gasteiger partial charge >= 0.3 is 11.7 Å². The molecule has 0 saturated carbocycles. The highest BCUT2D eigenvalue weighted by Gasteiger charge is 2.17. The standard InChI is InChI=1S/C12H13NO5/c1-8(6-11(14)15)7-18-10-5-3-4-9(2)12(10)13(16)17/h3-6H,7H2,1-2H3,(H,14,15). The lowest BCUT2D eigenvalue weighted by Crippen LogP contribution is -2.04. The Bertz CT molecular complexity index is 507. The van der Waals surface area contributed by atoms with Gasteiger partial charge in [0.1, 0.15) is 6.61 Å². The minimum atomic E-state index is -1.07. The van der Waals surface area contributed by atoms with Gasteiger partial charge in [-0.1, -0.05) is 12.1 Å². The van der Waals surface area contributed by atoms with E-state index in [-0.39, 0.29) is 18.0 Å². The van der Waals surface area contributed by atoms with Crippen LogP contribution in [0, 0.1) is 17.0 Å². The van der Waals surface area contributed by atoms with Crippen molar-refractivity contribution in [2.45, 2.75) is 13.8 Å². The summed E-state index contributed by atoms with van der Waals surface area (Å²) in [5, 5.41) is 19.4. The molecule has 18 heavy (non-hydrogen) atoms. The van der Waals surface area contributed by atoms with Crippen molar-refractivity contribution < 1.29 is 19.6 Å². The highest BCUT2D eigenvalue weighted by Crippen LogP contribution is 2.30. The Morgan fingerprint density at radius 2 is 2.22 bits per heavy atom. The molecule has 1 aromatic carbocycles. The molecule has 0 unspecified atom stereocenters. The number of hydrogen-bond acceptors (Lipinski definition) is 4. The number of carbonyl (C=O) groups is 1. The van der Waals surface area contributed by atoms with Gasteiger partial charge in [0.15, 0.2) is 5.75 Å². The van der Waals surface area contributed by atoms with Crippen molar-refractivity contribution in [3.63, 3.8) is 0 Å². The van der Waals surface area contributed by atoms with Gasteiger partial charge in [-0.15, -0.1) is 0 Å². The number of hydrogen-bond donors (Lipinski definition) is 1. The van der Waals surface area contributed by atoms with E-state index in [2.05, 4.69) is 0 Å². The molecule has 0 atom stereocenters. The lowest BCUT2D eigenvalue weighted by atomic mass is 10.2. The first-order valence-electron chi connectivity index (χ1n) is 5.18. The predicted octanol–water partition coefficient (Wildman–Crippen LogP) is 2.31. The van der Waals surface area contributed by atoms with Crippen molar-refractivity contribution in [1.82, 2.24) is 0 Å². The second-order valence-corrected chi connectivity index (χ2v) is 3.80. The first-order chi connectivity index (χ1) is 8.41. The fourth-order valence-corrected chi connectivity index (χ4v) is 1.43. The van der Waals surface area contributed by atoms with Gasteiger partial charge in [0, 0.05) is 11.6 Å². The zero-order valence-corrected chi connectivity index (χ0v) is 10.0. The van der Waals surface area contributed by atoms with E-state index in [1.54, 1.807) is 26.0 Å². The Morgan fingerprint density at radius 1 is 1.56 bits per heavy atom. The van der Waals surface area contributed by atoms with Crippen molar-refractivity contribution >= 4 is 11.7 Å². The zero-order valence-electron chi connectivity index (χ0n) is 10.0. The van der Waals surface area contributed by atoms with E-state index in [0.29, 0.717) is 11.1 Å². The molecule has 96 valence electrons. The van der Waals surface area contributed by atoms with Crippen LogP contribution in [0.2, 0.25) is 0 Å². The summed E-state index contributed by atoms with van der Waals surface area (Å²) >= 11 is 0. The van der Waals surface area contributed by atoms with Gasteiger partial charge in [0.2, 0.25) is 0 Å². The lowest BCUT2D eigenvalue weighted by molar-refractivity contribution is -0.386. The Hall–Kier alpha value is -2.37. The molecule has 0 radical (unpaired) electrons. The van der Waals surface area contributed by atoms with Crippen LogP contribution in [0.1, 0.15) is 12.5 Å². The van der Waals surface area contributed by atoms with Crippen LogP contribution < -0.4 is 4.74 Å². The summed E-state index contributed by atoms with van der Waals surface area (Å²) in [5.41, 5.74) is 0.872. The second-order valence-electron chi connectivity index (χ2n) is 3.80. The van der Waals surface area contributed by atoms with Crippen LogP contribution in [-0.4, -0.2) is 22.6 Å². The van der Waals surface area contributed by atoms with E-state index >= 15 is 0 Å². The van der Waals surface area contributed by atoms with E-state index in [0.717, 1.165) is 6.08 Å². The number of benzene rings is 1. The van der Waals surface area contributed by atoms with Crippen molar-refractivity contribution in [2.24, 2.45) is 0 Å². The Balaban J connectivity index is 2.89. The average molecular weight is 251 g/mol. The Morgan fingerprint density at radius 3 is 2.78 bits per heavy atom. The molecule has 1 aromatic rings. The van der Waals surface area contributed by atoms with Gasteiger partial charge in [-0.3, -0.25) is 10.1 Å². The normalized spacial score (nSPS) is 11.1. The number of carboxylic acid groups (broad SMARTS) is 1. The molecule has 0 heterocycles. The largest absolute Gasteiger partial charge is 0.482 e. The van der Waals surface area contributed by atoms with Gasteiger partial charge < -0.3 is 9.84 Å². The number of aliphatic carboxylic acids is 1. The van der Waals surface area contributed by atoms with Gasteiger partial charge in [-0.05, 0) is 25.5 Å². The number of aryl methyl sites for hydroxylation is 1. The third kappa shape index (κ3) is 3.58. The quantitative estimate of drug-likeness (QED) is 0.492. The molecule has 0 amide bonds. The lowest BCUT2D eigenvalue weighted by Gasteiger charge is -2.07. The molecule has 0 aliphatic rings. The molecular formula is C12H13NO5. The van der Waals surface area contributed by atoms with Gasteiger partial charge in [0.05, 0.1) is 4.92 Å². The summed E-state index contributed by atoms with van der Waals surface area (Å²) in [6.07, 6.45) is 1.00. The monoisotopic (exact) mass is 251 g/mol. The summed E-state index contributed by atoms with van der Waals surface area (Å²) in [5.74, 6) is -0.937. The van der Waals surface area contributed by atoms with Crippen LogP contribution in [0.3, 0.4) is 0 Å². The first-order valence-corrected chi connectivity index (χ1v) is 5.18. The van der Waals surface area contributed by atoms with Crippen molar-refractivity contribution in [3.8, 4) is 5.75 Å². The fourth-order valence-electron chi connectivity index (χ4n) is 1.43. The van der Waals surface area contributed by atoms with Crippen LogP contribution in [0.5, 0.6) is 5.75 Å². The van der Waals surface area contributed by atoms with Gasteiger partial charge in [-0.25, -0.2) is 4.79 Å². The first kappa shape index (κ1) is 13.7. The maximum Gasteiger partial charge on any atom is 0.328 e. The van der Waals surface area contributed by atoms with E-state index in [1.807, 2.05) is 0 Å². The predicted molar refractivity (Wildman–Crippen MR) is 64.7 cm³/mol. The number of nitro benzene ring substituents is 1. The minimum Gasteiger partial charge on any atom is -0.482 e. The summed E-state index contributed by atoms with van der Waals surface area (Å²) in [7, 11) is 0. The Kier molecular flexibility index (Phi) is 4.42. The summed E-state index contributed by atoms with van der Waals surface area (Å²) in [6, 6.07) is 4.75. The highest BCUT2D eigenvalue weighted by atomic mass is 16.6. The fraction of sp³-hybridized carbons (Fsp3) is 0.250. The molecule has 0 fully saturated rings. The second kappa shape index (κ2) is 5.81. The molecule has 6 heteroatoms. The van der Waals surface area contributed by atoms with Gasteiger partial charge in [-0.2, -0.15) is 0 Å². The third-order valence-electron chi connectivity index (χ3n) is 2.21. The molecule has 1 N–H and O–H groups in total. The molecule has 0 aromatic heterocycles. The zero-order chi connectivity index (χ0) is 13.7. The molecule has 0 aliphatic carbocycles. The van der Waals surface area contributed by atoms with Gasteiger partial charge in [0.25, 0.3) is 0 Å². The van der Waals surface area contributed by atoms with Crippen LogP contribution in [-0.2, 0) is 4.79 Å². The number of nitro groups is 1. The number of rotatable bonds is 5. The number of nitrogens with zero attached hydrogens (tertiary/aromatic N) is 1. The maximum absolute atomic E-state index is 10.9. The molecular weight excluding hydrogens is 238 g/mol. The van der Waals surface area contributed by atoms with Crippen LogP contribution in [0.15, 0.2) is 29.8 Å². The van der Waals surface area contributed by atoms with Crippen LogP contribution in [0.25, 0.3) is 0 Å². The van der Waals surface area contributed by atoms with E-state index in [4.69, 9.17) is 9.84 Å². The Labute approximate surface area is 104 Å². The number of para-hydroxylation sites is 1. The molecule has 0 spiro atoms. The van der Waals surface area contributed by atoms with E-state index in [1.165, 1.54) is 6.07 Å². The number of ether oxygens (including phenoxy) is 1. The van der Waals surface area contributed by atoms with Crippen LogP contribution in [0.4, 0.5) is 5.69 Å². The van der Waals surface area contributed by atoms with Crippen molar-refractivity contribution in [2.75, 3.05) is 6.61 Å². The summed E-state index contributed by atoms with van der Waals surface area (Å²) < 4.78 is 5.27. The highest BCUT2D eigenvalue weighted by molar-refractivity contribution is 5.80. The number of carboxylic acids is 1. The molecule has 6 nitrogen and oxygen atoms in total. The van der Waals surface area contributed by atoms with Crippen molar-refractivity contribution in [1.29, 1.82) is 0 Å². The SMILES string of the molecule is CC(=CC(=O)O)COc1cccc(C)c1[N+](=O)[O-]. The third-order valence-corrected chi connectivity index (χ3v) is 2.21. The minimum absolute atomic E-state index is 0.00338. The van der Waals surface area contributed by atoms with E-state index in [9.17, 15) is 14.9 Å². The topological polar surface area (TPSA) is 89.7 Å². The molecule has 1 rings (SSSR count). The maximum atomic E-state index is 10.9. The summed E-state index contributed by atoms with van der Waals surface area (Å²) in [6.45, 7) is 3.19. The molecule has 0 bridgehead atoms. The summed E-state index contributed by atoms with van der Waals surface area (Å²) in [4.78, 5) is 20.8. The molecule has 0 saturated heterocycles. The van der Waals surface area contributed by atoms with Crippen LogP contribution >= 0.6 is 0 Å². The smallest absolute Gasteiger partial charge is 0.328 e. The van der Waals surface area contributed by atoms with E-state index < -0.39 is 10.9 Å². The van der Waals surface area contributed by atoms with Crippen molar-refractivity contribution in [3.05, 3.63) is 45.5 Å². The molecule has 0 aliphatic heterocycles.